The SMILES string of the molecule is Cc1ccc(Nc2nc(Nc3ccccc3)c3cnn(C)c3n2)cc1C. The number of hydrogen-bond donors (Lipinski definition) is 2. The van der Waals surface area contributed by atoms with E-state index in [4.69, 9.17) is 0 Å². The molecule has 2 heterocycles. The van der Waals surface area contributed by atoms with Crippen LogP contribution in [0.25, 0.3) is 11.0 Å². The van der Waals surface area contributed by atoms with Crippen molar-refractivity contribution in [2.75, 3.05) is 10.6 Å². The Morgan fingerprint density at radius 3 is 2.42 bits per heavy atom. The molecular weight excluding hydrogens is 324 g/mol. The van der Waals surface area contributed by atoms with Crippen LogP contribution in [0.1, 0.15) is 11.1 Å². The van der Waals surface area contributed by atoms with E-state index in [9.17, 15) is 0 Å². The fourth-order valence-corrected chi connectivity index (χ4v) is 2.78. The highest BCUT2D eigenvalue weighted by atomic mass is 15.3. The topological polar surface area (TPSA) is 67.7 Å². The molecule has 0 bridgehead atoms. The highest BCUT2D eigenvalue weighted by Crippen LogP contribution is 2.26. The Labute approximate surface area is 151 Å². The van der Waals surface area contributed by atoms with Gasteiger partial charge in [-0.15, -0.1) is 0 Å². The lowest BCUT2D eigenvalue weighted by molar-refractivity contribution is 0.786. The maximum atomic E-state index is 4.67. The summed E-state index contributed by atoms with van der Waals surface area (Å²) in [5.74, 6) is 1.25. The van der Waals surface area contributed by atoms with Crippen LogP contribution in [-0.4, -0.2) is 19.7 Å². The molecule has 6 nitrogen and oxygen atoms in total. The minimum Gasteiger partial charge on any atom is -0.339 e. The van der Waals surface area contributed by atoms with Crippen LogP contribution in [0.5, 0.6) is 0 Å². The average molecular weight is 344 g/mol. The summed E-state index contributed by atoms with van der Waals surface area (Å²) in [4.78, 5) is 9.29. The van der Waals surface area contributed by atoms with E-state index >= 15 is 0 Å². The van der Waals surface area contributed by atoms with Crippen LogP contribution in [0.15, 0.2) is 54.7 Å². The highest BCUT2D eigenvalue weighted by Gasteiger charge is 2.12. The molecule has 2 aromatic heterocycles. The molecule has 0 fully saturated rings. The van der Waals surface area contributed by atoms with Crippen molar-refractivity contribution >= 4 is 34.2 Å². The second-order valence-electron chi connectivity index (χ2n) is 6.32. The van der Waals surface area contributed by atoms with Gasteiger partial charge in [-0.2, -0.15) is 15.1 Å². The minimum atomic E-state index is 0.530. The molecular formula is C20H20N6. The maximum Gasteiger partial charge on any atom is 0.231 e. The summed E-state index contributed by atoms with van der Waals surface area (Å²) in [5.41, 5.74) is 5.17. The van der Waals surface area contributed by atoms with Crippen LogP contribution in [0.3, 0.4) is 0 Å². The Balaban J connectivity index is 1.75. The summed E-state index contributed by atoms with van der Waals surface area (Å²) in [7, 11) is 1.88. The first kappa shape index (κ1) is 16.1. The number of anilines is 4. The number of rotatable bonds is 4. The molecule has 4 aromatic rings. The number of nitrogens with zero attached hydrogens (tertiary/aromatic N) is 4. The second-order valence-corrected chi connectivity index (χ2v) is 6.32. The first-order valence-electron chi connectivity index (χ1n) is 8.46. The van der Waals surface area contributed by atoms with Crippen molar-refractivity contribution < 1.29 is 0 Å². The molecule has 0 unspecified atom stereocenters. The Hall–Kier alpha value is -3.41. The first-order chi connectivity index (χ1) is 12.6. The smallest absolute Gasteiger partial charge is 0.231 e. The van der Waals surface area contributed by atoms with E-state index in [0.717, 1.165) is 28.2 Å². The minimum absolute atomic E-state index is 0.530. The number of aromatic nitrogens is 4. The second kappa shape index (κ2) is 6.48. The molecule has 0 radical (unpaired) electrons. The predicted octanol–water partition coefficient (Wildman–Crippen LogP) is 4.47. The number of aryl methyl sites for hydroxylation is 3. The molecule has 130 valence electrons. The van der Waals surface area contributed by atoms with Crippen LogP contribution in [0.2, 0.25) is 0 Å². The van der Waals surface area contributed by atoms with Gasteiger partial charge in [-0.25, -0.2) is 0 Å². The van der Waals surface area contributed by atoms with E-state index in [2.05, 4.69) is 51.7 Å². The monoisotopic (exact) mass is 344 g/mol. The molecule has 0 atom stereocenters. The quantitative estimate of drug-likeness (QED) is 0.572. The van der Waals surface area contributed by atoms with Crippen LogP contribution < -0.4 is 10.6 Å². The maximum absolute atomic E-state index is 4.67. The lowest BCUT2D eigenvalue weighted by Gasteiger charge is -2.11. The van der Waals surface area contributed by atoms with E-state index < -0.39 is 0 Å². The van der Waals surface area contributed by atoms with Crippen molar-refractivity contribution in [3.8, 4) is 0 Å². The summed E-state index contributed by atoms with van der Waals surface area (Å²) >= 11 is 0. The van der Waals surface area contributed by atoms with Gasteiger partial charge in [0, 0.05) is 18.4 Å². The zero-order valence-electron chi connectivity index (χ0n) is 15.0. The number of benzene rings is 2. The Morgan fingerprint density at radius 2 is 1.65 bits per heavy atom. The fraction of sp³-hybridized carbons (Fsp3) is 0.150. The van der Waals surface area contributed by atoms with Gasteiger partial charge in [0.05, 0.1) is 11.6 Å². The highest BCUT2D eigenvalue weighted by molar-refractivity contribution is 5.89. The normalized spacial score (nSPS) is 10.9. The van der Waals surface area contributed by atoms with Gasteiger partial charge in [0.25, 0.3) is 0 Å². The molecule has 0 amide bonds. The van der Waals surface area contributed by atoms with E-state index in [0.29, 0.717) is 5.95 Å². The first-order valence-corrected chi connectivity index (χ1v) is 8.46. The summed E-state index contributed by atoms with van der Waals surface area (Å²) in [6, 6.07) is 16.2. The number of fused-ring (bicyclic) bond motifs is 1. The summed E-state index contributed by atoms with van der Waals surface area (Å²) < 4.78 is 1.75. The third-order valence-corrected chi connectivity index (χ3v) is 4.39. The van der Waals surface area contributed by atoms with Crippen LogP contribution in [0, 0.1) is 13.8 Å². The molecule has 2 aromatic carbocycles. The molecule has 0 spiro atoms. The third-order valence-electron chi connectivity index (χ3n) is 4.39. The standard InChI is InChI=1S/C20H20N6/c1-13-9-10-16(11-14(13)2)23-20-24-18(22-15-7-5-4-6-8-15)17-12-21-26(3)19(17)25-20/h4-12H,1-3H3,(H2,22,23,24,25). The van der Waals surface area contributed by atoms with Crippen molar-refractivity contribution in [1.82, 2.24) is 19.7 Å². The molecule has 0 aliphatic rings. The third kappa shape index (κ3) is 3.09. The van der Waals surface area contributed by atoms with Gasteiger partial charge in [0.2, 0.25) is 5.95 Å². The Bertz CT molecular complexity index is 1070. The van der Waals surface area contributed by atoms with Crippen molar-refractivity contribution in [2.45, 2.75) is 13.8 Å². The summed E-state index contributed by atoms with van der Waals surface area (Å²) in [5, 5.41) is 11.9. The molecule has 0 aliphatic carbocycles. The summed E-state index contributed by atoms with van der Waals surface area (Å²) in [6.07, 6.45) is 1.78. The van der Waals surface area contributed by atoms with Crippen LogP contribution in [0.4, 0.5) is 23.1 Å². The Kier molecular flexibility index (Phi) is 4.01. The van der Waals surface area contributed by atoms with Crippen LogP contribution >= 0.6 is 0 Å². The largest absolute Gasteiger partial charge is 0.339 e. The van der Waals surface area contributed by atoms with Gasteiger partial charge in [0.15, 0.2) is 5.65 Å². The zero-order valence-corrected chi connectivity index (χ0v) is 15.0. The molecule has 26 heavy (non-hydrogen) atoms. The van der Waals surface area contributed by atoms with Gasteiger partial charge in [-0.1, -0.05) is 24.3 Å². The van der Waals surface area contributed by atoms with E-state index in [1.165, 1.54) is 11.1 Å². The van der Waals surface area contributed by atoms with Crippen LogP contribution in [-0.2, 0) is 7.05 Å². The number of nitrogens with one attached hydrogen (secondary N) is 2. The van der Waals surface area contributed by atoms with E-state index in [1.54, 1.807) is 10.9 Å². The van der Waals surface area contributed by atoms with Crippen molar-refractivity contribution in [2.24, 2.45) is 7.05 Å². The average Bonchev–Trinajstić information content (AvgIpc) is 3.01. The lowest BCUT2D eigenvalue weighted by Crippen LogP contribution is -2.03. The zero-order chi connectivity index (χ0) is 18.1. The lowest BCUT2D eigenvalue weighted by atomic mass is 10.1. The molecule has 0 saturated heterocycles. The molecule has 0 aliphatic heterocycles. The Morgan fingerprint density at radius 1 is 0.846 bits per heavy atom. The fourth-order valence-electron chi connectivity index (χ4n) is 2.78. The van der Waals surface area contributed by atoms with Gasteiger partial charge < -0.3 is 10.6 Å². The van der Waals surface area contributed by atoms with Gasteiger partial charge >= 0.3 is 0 Å². The van der Waals surface area contributed by atoms with Gasteiger partial charge in [0.1, 0.15) is 5.82 Å². The number of para-hydroxylation sites is 1. The van der Waals surface area contributed by atoms with E-state index in [1.807, 2.05) is 43.4 Å². The summed E-state index contributed by atoms with van der Waals surface area (Å²) in [6.45, 7) is 4.19. The molecule has 2 N–H and O–H groups in total. The molecule has 0 saturated carbocycles. The van der Waals surface area contributed by atoms with Gasteiger partial charge in [-0.05, 0) is 49.2 Å². The number of hydrogen-bond acceptors (Lipinski definition) is 5. The van der Waals surface area contributed by atoms with Crippen molar-refractivity contribution in [3.63, 3.8) is 0 Å². The van der Waals surface area contributed by atoms with Crippen molar-refractivity contribution in [3.05, 3.63) is 65.9 Å². The predicted molar refractivity (Wildman–Crippen MR) is 105 cm³/mol. The van der Waals surface area contributed by atoms with Gasteiger partial charge in [-0.3, -0.25) is 4.68 Å². The molecule has 6 heteroatoms. The molecule has 4 rings (SSSR count). The van der Waals surface area contributed by atoms with E-state index in [-0.39, 0.29) is 0 Å². The van der Waals surface area contributed by atoms with Crippen molar-refractivity contribution in [1.29, 1.82) is 0 Å².